The lowest BCUT2D eigenvalue weighted by molar-refractivity contribution is 0.591. The van der Waals surface area contributed by atoms with Crippen LogP contribution in [0.25, 0.3) is 0 Å². The van der Waals surface area contributed by atoms with Gasteiger partial charge in [-0.25, -0.2) is 13.1 Å². The molecule has 80 valence electrons. The molecule has 5 nitrogen and oxygen atoms in total. The lowest BCUT2D eigenvalue weighted by atomic mass is 10.2. The first-order valence-corrected chi connectivity index (χ1v) is 5.88. The van der Waals surface area contributed by atoms with Crippen molar-refractivity contribution in [2.45, 2.75) is 11.8 Å². The molecule has 1 aliphatic heterocycles. The number of fused-ring (bicyclic) bond motifs is 1. The number of nitrogens with zero attached hydrogens (tertiary/aromatic N) is 1. The zero-order valence-corrected chi connectivity index (χ0v) is 9.22. The summed E-state index contributed by atoms with van der Waals surface area (Å²) in [5.74, 6) is 0.244. The summed E-state index contributed by atoms with van der Waals surface area (Å²) in [4.78, 5) is 4.04. The van der Waals surface area contributed by atoms with E-state index in [0.29, 0.717) is 5.69 Å². The highest BCUT2D eigenvalue weighted by Gasteiger charge is 2.25. The molecule has 0 unspecified atom stereocenters. The van der Waals surface area contributed by atoms with Crippen LogP contribution < -0.4 is 10.0 Å². The third-order valence-electron chi connectivity index (χ3n) is 2.13. The van der Waals surface area contributed by atoms with Gasteiger partial charge in [-0.1, -0.05) is 6.07 Å². The van der Waals surface area contributed by atoms with Crippen LogP contribution in [0.5, 0.6) is 0 Å². The Hall–Kier alpha value is -1.56. The number of guanidine groups is 1. The molecule has 0 amide bonds. The van der Waals surface area contributed by atoms with Crippen molar-refractivity contribution < 1.29 is 8.42 Å². The van der Waals surface area contributed by atoms with Crippen molar-refractivity contribution in [3.8, 4) is 0 Å². The standard InChI is InChI=1S/C9H11N3O2S/c1-6-3-4-8-7(5-6)11-9(10-2)12-15(8,13)14/h3-5H,1-2H3,(H2,10,11,12). The van der Waals surface area contributed by atoms with E-state index in [1.165, 1.54) is 7.05 Å². The zero-order chi connectivity index (χ0) is 11.1. The Balaban J connectivity index is 2.65. The lowest BCUT2D eigenvalue weighted by Crippen LogP contribution is -2.40. The van der Waals surface area contributed by atoms with E-state index >= 15 is 0 Å². The number of aliphatic imine (C=N–C) groups is 1. The average molecular weight is 225 g/mol. The maximum Gasteiger partial charge on any atom is 0.266 e. The molecule has 0 fully saturated rings. The van der Waals surface area contributed by atoms with Crippen LogP contribution in [0.3, 0.4) is 0 Å². The molecule has 0 bridgehead atoms. The molecule has 2 rings (SSSR count). The molecule has 2 N–H and O–H groups in total. The van der Waals surface area contributed by atoms with Gasteiger partial charge in [-0.05, 0) is 24.6 Å². The number of anilines is 1. The first-order chi connectivity index (χ1) is 7.03. The monoisotopic (exact) mass is 225 g/mol. The van der Waals surface area contributed by atoms with Crippen LogP contribution in [0.15, 0.2) is 28.1 Å². The summed E-state index contributed by atoms with van der Waals surface area (Å²) in [6.45, 7) is 1.90. The van der Waals surface area contributed by atoms with Crippen LogP contribution in [0.4, 0.5) is 5.69 Å². The van der Waals surface area contributed by atoms with Crippen molar-refractivity contribution >= 4 is 21.7 Å². The van der Waals surface area contributed by atoms with Gasteiger partial charge in [-0.15, -0.1) is 0 Å². The summed E-state index contributed by atoms with van der Waals surface area (Å²) in [7, 11) is -1.94. The predicted molar refractivity (Wildman–Crippen MR) is 58.5 cm³/mol. The van der Waals surface area contributed by atoms with Gasteiger partial charge in [0, 0.05) is 7.05 Å². The highest BCUT2D eigenvalue weighted by Crippen LogP contribution is 2.25. The molecule has 0 aromatic heterocycles. The van der Waals surface area contributed by atoms with Crippen molar-refractivity contribution in [2.75, 3.05) is 12.4 Å². The van der Waals surface area contributed by atoms with Gasteiger partial charge in [-0.3, -0.25) is 4.99 Å². The Bertz CT molecular complexity index is 534. The van der Waals surface area contributed by atoms with Gasteiger partial charge in [0.1, 0.15) is 4.90 Å². The van der Waals surface area contributed by atoms with E-state index in [1.807, 2.05) is 6.92 Å². The van der Waals surface area contributed by atoms with Crippen LogP contribution in [0.2, 0.25) is 0 Å². The Morgan fingerprint density at radius 1 is 1.33 bits per heavy atom. The van der Waals surface area contributed by atoms with E-state index in [1.54, 1.807) is 18.2 Å². The van der Waals surface area contributed by atoms with Gasteiger partial charge in [0.25, 0.3) is 10.0 Å². The molecule has 0 atom stereocenters. The first kappa shape index (κ1) is 9.97. The van der Waals surface area contributed by atoms with E-state index in [4.69, 9.17) is 0 Å². The number of sulfonamides is 1. The van der Waals surface area contributed by atoms with Crippen LogP contribution in [-0.4, -0.2) is 21.4 Å². The van der Waals surface area contributed by atoms with E-state index in [0.717, 1.165) is 5.56 Å². The van der Waals surface area contributed by atoms with Gasteiger partial charge in [0.05, 0.1) is 5.69 Å². The largest absolute Gasteiger partial charge is 0.324 e. The van der Waals surface area contributed by atoms with Crippen LogP contribution in [-0.2, 0) is 10.0 Å². The number of rotatable bonds is 0. The molecule has 0 saturated heterocycles. The molecular weight excluding hydrogens is 214 g/mol. The Kier molecular flexibility index (Phi) is 2.15. The molecule has 1 aromatic rings. The molecule has 0 radical (unpaired) electrons. The summed E-state index contributed by atoms with van der Waals surface area (Å²) in [6.07, 6.45) is 0. The van der Waals surface area contributed by atoms with Gasteiger partial charge in [-0.2, -0.15) is 0 Å². The van der Waals surface area contributed by atoms with Crippen molar-refractivity contribution in [1.82, 2.24) is 4.72 Å². The third kappa shape index (κ3) is 1.68. The second-order valence-electron chi connectivity index (χ2n) is 3.30. The second kappa shape index (κ2) is 3.23. The fourth-order valence-electron chi connectivity index (χ4n) is 1.41. The number of aryl methyl sites for hydroxylation is 1. The molecular formula is C9H11N3O2S. The SMILES string of the molecule is CN=C1Nc2cc(C)ccc2S(=O)(=O)N1. The molecule has 0 spiro atoms. The fourth-order valence-corrected chi connectivity index (χ4v) is 2.57. The van der Waals surface area contributed by atoms with Crippen molar-refractivity contribution in [3.05, 3.63) is 23.8 Å². The minimum absolute atomic E-state index is 0.244. The molecule has 15 heavy (non-hydrogen) atoms. The minimum atomic E-state index is -3.46. The summed E-state index contributed by atoms with van der Waals surface area (Å²) in [5, 5.41) is 2.90. The van der Waals surface area contributed by atoms with Crippen LogP contribution in [0.1, 0.15) is 5.56 Å². The summed E-state index contributed by atoms with van der Waals surface area (Å²) < 4.78 is 25.8. The second-order valence-corrected chi connectivity index (χ2v) is 4.95. The molecule has 0 saturated carbocycles. The van der Waals surface area contributed by atoms with E-state index < -0.39 is 10.0 Å². The van der Waals surface area contributed by atoms with Gasteiger partial charge >= 0.3 is 0 Å². The summed E-state index contributed by atoms with van der Waals surface area (Å²) in [5.41, 5.74) is 1.56. The molecule has 0 aliphatic carbocycles. The maximum atomic E-state index is 11.7. The van der Waals surface area contributed by atoms with Crippen molar-refractivity contribution in [2.24, 2.45) is 4.99 Å². The number of hydrogen-bond donors (Lipinski definition) is 2. The molecule has 1 aromatic carbocycles. The van der Waals surface area contributed by atoms with E-state index in [9.17, 15) is 8.42 Å². The average Bonchev–Trinajstić information content (AvgIpc) is 2.15. The highest BCUT2D eigenvalue weighted by atomic mass is 32.2. The molecule has 1 heterocycles. The van der Waals surface area contributed by atoms with Crippen molar-refractivity contribution in [3.63, 3.8) is 0 Å². The first-order valence-electron chi connectivity index (χ1n) is 4.40. The number of nitrogens with one attached hydrogen (secondary N) is 2. The predicted octanol–water partition coefficient (Wildman–Crippen LogP) is 0.685. The van der Waals surface area contributed by atoms with Crippen LogP contribution in [0, 0.1) is 6.92 Å². The number of benzene rings is 1. The van der Waals surface area contributed by atoms with E-state index in [2.05, 4.69) is 15.0 Å². The van der Waals surface area contributed by atoms with Crippen molar-refractivity contribution in [1.29, 1.82) is 0 Å². The van der Waals surface area contributed by atoms with Gasteiger partial charge in [0.15, 0.2) is 0 Å². The topological polar surface area (TPSA) is 70.6 Å². The quantitative estimate of drug-likeness (QED) is 0.682. The van der Waals surface area contributed by atoms with E-state index in [-0.39, 0.29) is 10.9 Å². The highest BCUT2D eigenvalue weighted by molar-refractivity contribution is 7.90. The minimum Gasteiger partial charge on any atom is -0.324 e. The smallest absolute Gasteiger partial charge is 0.266 e. The molecule has 1 aliphatic rings. The van der Waals surface area contributed by atoms with Crippen LogP contribution >= 0.6 is 0 Å². The Morgan fingerprint density at radius 3 is 2.73 bits per heavy atom. The Morgan fingerprint density at radius 2 is 2.07 bits per heavy atom. The maximum absolute atomic E-state index is 11.7. The summed E-state index contributed by atoms with van der Waals surface area (Å²) >= 11 is 0. The fraction of sp³-hybridized carbons (Fsp3) is 0.222. The Labute approximate surface area is 88.3 Å². The summed E-state index contributed by atoms with van der Waals surface area (Å²) in [6, 6.07) is 5.11. The van der Waals surface area contributed by atoms with Gasteiger partial charge in [0.2, 0.25) is 5.96 Å². The van der Waals surface area contributed by atoms with Gasteiger partial charge < -0.3 is 5.32 Å². The lowest BCUT2D eigenvalue weighted by Gasteiger charge is -2.21. The normalized spacial score (nSPS) is 20.3. The zero-order valence-electron chi connectivity index (χ0n) is 8.40. The molecule has 6 heteroatoms. The third-order valence-corrected chi connectivity index (χ3v) is 3.53. The number of hydrogen-bond acceptors (Lipinski definition) is 3.